The number of likely N-dealkylation sites (tertiary alicyclic amines) is 1. The normalized spacial score (nSPS) is 14.9. The summed E-state index contributed by atoms with van der Waals surface area (Å²) in [6.45, 7) is 4.98. The number of ether oxygens (including phenoxy) is 2. The van der Waals surface area contributed by atoms with Crippen molar-refractivity contribution in [2.24, 2.45) is 0 Å². The topological polar surface area (TPSA) is 55.8 Å². The van der Waals surface area contributed by atoms with E-state index < -0.39 is 5.97 Å². The lowest BCUT2D eigenvalue weighted by atomic mass is 10.1. The Labute approximate surface area is 124 Å². The average Bonchev–Trinajstić information content (AvgIpc) is 2.99. The molecule has 0 aromatic heterocycles. The van der Waals surface area contributed by atoms with E-state index in [0.717, 1.165) is 25.4 Å². The molecule has 5 nitrogen and oxygen atoms in total. The van der Waals surface area contributed by atoms with Gasteiger partial charge in [0.05, 0.1) is 0 Å². The SMILES string of the molecule is CC(=O)OCC(=O)c1ccc(OCCN2CCCC2)cc1. The van der Waals surface area contributed by atoms with Gasteiger partial charge in [-0.15, -0.1) is 0 Å². The third-order valence-corrected chi connectivity index (χ3v) is 3.46. The van der Waals surface area contributed by atoms with Crippen LogP contribution in [0.15, 0.2) is 24.3 Å². The molecule has 1 fully saturated rings. The Balaban J connectivity index is 1.75. The van der Waals surface area contributed by atoms with Crippen LogP contribution in [0.4, 0.5) is 0 Å². The third kappa shape index (κ3) is 5.19. The summed E-state index contributed by atoms with van der Waals surface area (Å²) in [5, 5.41) is 0. The van der Waals surface area contributed by atoms with Crippen LogP contribution in [0, 0.1) is 0 Å². The zero-order chi connectivity index (χ0) is 15.1. The predicted molar refractivity (Wildman–Crippen MR) is 78.6 cm³/mol. The summed E-state index contributed by atoms with van der Waals surface area (Å²) in [7, 11) is 0. The molecule has 1 heterocycles. The van der Waals surface area contributed by atoms with Crippen LogP contribution in [0.25, 0.3) is 0 Å². The fraction of sp³-hybridized carbons (Fsp3) is 0.500. The first-order valence-corrected chi connectivity index (χ1v) is 7.27. The van der Waals surface area contributed by atoms with Gasteiger partial charge in [-0.2, -0.15) is 0 Å². The van der Waals surface area contributed by atoms with Crippen LogP contribution in [0.5, 0.6) is 5.75 Å². The minimum absolute atomic E-state index is 0.214. The summed E-state index contributed by atoms with van der Waals surface area (Å²) < 4.78 is 10.3. The second-order valence-electron chi connectivity index (χ2n) is 5.13. The van der Waals surface area contributed by atoms with E-state index in [0.29, 0.717) is 12.2 Å². The molecule has 0 spiro atoms. The van der Waals surface area contributed by atoms with Crippen LogP contribution in [0.2, 0.25) is 0 Å². The number of hydrogen-bond acceptors (Lipinski definition) is 5. The highest BCUT2D eigenvalue weighted by atomic mass is 16.5. The predicted octanol–water partition coefficient (Wildman–Crippen LogP) is 1.91. The van der Waals surface area contributed by atoms with Gasteiger partial charge in [0.15, 0.2) is 12.4 Å². The van der Waals surface area contributed by atoms with E-state index in [-0.39, 0.29) is 12.4 Å². The lowest BCUT2D eigenvalue weighted by Gasteiger charge is -2.14. The minimum atomic E-state index is -0.454. The lowest BCUT2D eigenvalue weighted by molar-refractivity contribution is -0.139. The Bertz CT molecular complexity index is 478. The molecule has 2 rings (SSSR count). The lowest BCUT2D eigenvalue weighted by Crippen LogP contribution is -2.25. The van der Waals surface area contributed by atoms with Crippen molar-refractivity contribution >= 4 is 11.8 Å². The zero-order valence-electron chi connectivity index (χ0n) is 12.3. The molecule has 1 aromatic rings. The molecule has 0 radical (unpaired) electrons. The van der Waals surface area contributed by atoms with E-state index in [9.17, 15) is 9.59 Å². The highest BCUT2D eigenvalue weighted by Gasteiger charge is 2.11. The van der Waals surface area contributed by atoms with E-state index >= 15 is 0 Å². The molecular formula is C16H21NO4. The molecule has 0 aliphatic carbocycles. The van der Waals surface area contributed by atoms with E-state index in [2.05, 4.69) is 9.64 Å². The van der Waals surface area contributed by atoms with Crippen LogP contribution in [-0.2, 0) is 9.53 Å². The Hall–Kier alpha value is -1.88. The average molecular weight is 291 g/mol. The van der Waals surface area contributed by atoms with E-state index in [1.165, 1.54) is 19.8 Å². The van der Waals surface area contributed by atoms with E-state index in [1.807, 2.05) is 0 Å². The van der Waals surface area contributed by atoms with Crippen LogP contribution >= 0.6 is 0 Å². The van der Waals surface area contributed by atoms with Crippen LogP contribution in [0.1, 0.15) is 30.1 Å². The third-order valence-electron chi connectivity index (χ3n) is 3.46. The maximum absolute atomic E-state index is 11.7. The molecule has 1 aromatic carbocycles. The maximum atomic E-state index is 11.7. The van der Waals surface area contributed by atoms with Gasteiger partial charge < -0.3 is 9.47 Å². The fourth-order valence-corrected chi connectivity index (χ4v) is 2.29. The fourth-order valence-electron chi connectivity index (χ4n) is 2.29. The van der Waals surface area contributed by atoms with Crippen molar-refractivity contribution in [3.05, 3.63) is 29.8 Å². The van der Waals surface area contributed by atoms with Gasteiger partial charge in [-0.25, -0.2) is 0 Å². The van der Waals surface area contributed by atoms with Crippen LogP contribution in [0.3, 0.4) is 0 Å². The molecule has 5 heteroatoms. The van der Waals surface area contributed by atoms with Crippen LogP contribution < -0.4 is 4.74 Å². The second-order valence-corrected chi connectivity index (χ2v) is 5.13. The molecule has 1 aliphatic rings. The number of esters is 1. The summed E-state index contributed by atoms with van der Waals surface area (Å²) in [5.74, 6) is 0.0808. The second kappa shape index (κ2) is 7.78. The smallest absolute Gasteiger partial charge is 0.303 e. The van der Waals surface area contributed by atoms with Gasteiger partial charge in [0.2, 0.25) is 0 Å². The monoisotopic (exact) mass is 291 g/mol. The zero-order valence-corrected chi connectivity index (χ0v) is 12.3. The van der Waals surface area contributed by atoms with Crippen molar-refractivity contribution in [3.8, 4) is 5.75 Å². The quantitative estimate of drug-likeness (QED) is 0.567. The minimum Gasteiger partial charge on any atom is -0.492 e. The van der Waals surface area contributed by atoms with Gasteiger partial charge in [-0.1, -0.05) is 0 Å². The van der Waals surface area contributed by atoms with E-state index in [1.54, 1.807) is 24.3 Å². The van der Waals surface area contributed by atoms with Gasteiger partial charge in [0.1, 0.15) is 12.4 Å². The van der Waals surface area contributed by atoms with Gasteiger partial charge in [0.25, 0.3) is 0 Å². The number of ketones is 1. The number of carbonyl (C=O) groups excluding carboxylic acids is 2. The Kier molecular flexibility index (Phi) is 5.75. The molecular weight excluding hydrogens is 270 g/mol. The van der Waals surface area contributed by atoms with E-state index in [4.69, 9.17) is 4.74 Å². The Morgan fingerprint density at radius 2 is 1.81 bits per heavy atom. The molecule has 0 N–H and O–H groups in total. The van der Waals surface area contributed by atoms with Crippen molar-refractivity contribution in [1.29, 1.82) is 0 Å². The molecule has 0 bridgehead atoms. The summed E-state index contributed by atoms with van der Waals surface area (Å²) in [4.78, 5) is 24.8. The summed E-state index contributed by atoms with van der Waals surface area (Å²) >= 11 is 0. The first-order chi connectivity index (χ1) is 10.1. The molecule has 1 aliphatic heterocycles. The number of Topliss-reactive ketones (excluding diaryl/α,β-unsaturated/α-hetero) is 1. The first-order valence-electron chi connectivity index (χ1n) is 7.27. The first kappa shape index (κ1) is 15.5. The van der Waals surface area contributed by atoms with Crippen LogP contribution in [-0.4, -0.2) is 49.5 Å². The standard InChI is InChI=1S/C16H21NO4/c1-13(18)21-12-16(19)14-4-6-15(7-5-14)20-11-10-17-8-2-3-9-17/h4-7H,2-3,8-12H2,1H3. The van der Waals surface area contributed by atoms with Gasteiger partial charge in [-0.05, 0) is 50.2 Å². The van der Waals surface area contributed by atoms with Crippen molar-refractivity contribution in [2.45, 2.75) is 19.8 Å². The number of hydrogen-bond donors (Lipinski definition) is 0. The number of rotatable bonds is 7. The molecule has 0 unspecified atom stereocenters. The molecule has 1 saturated heterocycles. The molecule has 0 atom stereocenters. The molecule has 0 saturated carbocycles. The van der Waals surface area contributed by atoms with Crippen molar-refractivity contribution < 1.29 is 19.1 Å². The largest absolute Gasteiger partial charge is 0.492 e. The Morgan fingerprint density at radius 3 is 2.43 bits per heavy atom. The van der Waals surface area contributed by atoms with Crippen molar-refractivity contribution in [1.82, 2.24) is 4.90 Å². The maximum Gasteiger partial charge on any atom is 0.303 e. The summed E-state index contributed by atoms with van der Waals surface area (Å²) in [6, 6.07) is 6.92. The number of carbonyl (C=O) groups is 2. The highest BCUT2D eigenvalue weighted by Crippen LogP contribution is 2.13. The summed E-state index contributed by atoms with van der Waals surface area (Å²) in [6.07, 6.45) is 2.55. The molecule has 114 valence electrons. The van der Waals surface area contributed by atoms with Gasteiger partial charge >= 0.3 is 5.97 Å². The number of benzene rings is 1. The molecule has 21 heavy (non-hydrogen) atoms. The van der Waals surface area contributed by atoms with Gasteiger partial charge in [-0.3, -0.25) is 14.5 Å². The Morgan fingerprint density at radius 1 is 1.14 bits per heavy atom. The summed E-state index contributed by atoms with van der Waals surface area (Å²) in [5.41, 5.74) is 0.517. The van der Waals surface area contributed by atoms with Gasteiger partial charge in [0, 0.05) is 19.0 Å². The van der Waals surface area contributed by atoms with Crippen molar-refractivity contribution in [2.75, 3.05) is 32.8 Å². The molecule has 0 amide bonds. The highest BCUT2D eigenvalue weighted by molar-refractivity contribution is 5.97. The van der Waals surface area contributed by atoms with Crippen molar-refractivity contribution in [3.63, 3.8) is 0 Å². The number of nitrogens with zero attached hydrogens (tertiary/aromatic N) is 1.